The van der Waals surface area contributed by atoms with Gasteiger partial charge in [0.2, 0.25) is 0 Å². The molecule has 4 nitrogen and oxygen atoms in total. The Morgan fingerprint density at radius 2 is 2.23 bits per heavy atom. The zero-order valence-electron chi connectivity index (χ0n) is 13.3. The maximum Gasteiger partial charge on any atom is 0.129 e. The van der Waals surface area contributed by atoms with Gasteiger partial charge in [-0.2, -0.15) is 0 Å². The molecule has 0 spiro atoms. The van der Waals surface area contributed by atoms with Crippen molar-refractivity contribution < 1.29 is 14.3 Å². The van der Waals surface area contributed by atoms with Crippen LogP contribution < -0.4 is 0 Å². The van der Waals surface area contributed by atoms with Crippen molar-refractivity contribution in [1.29, 1.82) is 0 Å². The van der Waals surface area contributed by atoms with Crippen molar-refractivity contribution in [1.82, 2.24) is 4.90 Å². The van der Waals surface area contributed by atoms with Crippen molar-refractivity contribution in [2.24, 2.45) is 0 Å². The lowest BCUT2D eigenvalue weighted by molar-refractivity contribution is 0.00401. The average Bonchev–Trinajstić information content (AvgIpc) is 3.11. The molecule has 0 saturated carbocycles. The van der Waals surface area contributed by atoms with Crippen LogP contribution >= 0.6 is 11.3 Å². The van der Waals surface area contributed by atoms with Crippen molar-refractivity contribution in [3.8, 4) is 0 Å². The number of rotatable bonds is 10. The van der Waals surface area contributed by atoms with E-state index in [1.54, 1.807) is 6.26 Å². The van der Waals surface area contributed by atoms with Crippen LogP contribution in [0.2, 0.25) is 0 Å². The van der Waals surface area contributed by atoms with Crippen LogP contribution in [0.1, 0.15) is 28.9 Å². The zero-order chi connectivity index (χ0) is 15.8. The Labute approximate surface area is 136 Å². The first kappa shape index (κ1) is 17.2. The molecule has 0 aromatic carbocycles. The van der Waals surface area contributed by atoms with Crippen molar-refractivity contribution in [2.75, 3.05) is 19.7 Å². The van der Waals surface area contributed by atoms with Crippen LogP contribution in [-0.4, -0.2) is 35.8 Å². The number of aliphatic hydroxyl groups excluding tert-OH is 1. The molecule has 2 heterocycles. The predicted molar refractivity (Wildman–Crippen MR) is 89.0 cm³/mol. The second-order valence-electron chi connectivity index (χ2n) is 5.50. The van der Waals surface area contributed by atoms with Gasteiger partial charge in [-0.15, -0.1) is 11.3 Å². The van der Waals surface area contributed by atoms with Gasteiger partial charge in [-0.3, -0.25) is 4.90 Å². The topological polar surface area (TPSA) is 45.8 Å². The van der Waals surface area contributed by atoms with E-state index in [1.807, 2.05) is 23.5 Å². The summed E-state index contributed by atoms with van der Waals surface area (Å²) in [5.74, 6) is 0.784. The van der Waals surface area contributed by atoms with E-state index in [0.717, 1.165) is 25.3 Å². The van der Waals surface area contributed by atoms with E-state index in [1.165, 1.54) is 9.75 Å². The third-order valence-electron chi connectivity index (χ3n) is 3.32. The fourth-order valence-corrected chi connectivity index (χ4v) is 3.32. The van der Waals surface area contributed by atoms with E-state index >= 15 is 0 Å². The highest BCUT2D eigenvalue weighted by atomic mass is 32.1. The summed E-state index contributed by atoms with van der Waals surface area (Å²) in [7, 11) is 0. The van der Waals surface area contributed by atoms with Crippen molar-refractivity contribution in [3.05, 3.63) is 46.0 Å². The minimum Gasteiger partial charge on any atom is -0.467 e. The highest BCUT2D eigenvalue weighted by Gasteiger charge is 2.13. The molecule has 122 valence electrons. The molecule has 1 atom stereocenters. The van der Waals surface area contributed by atoms with Gasteiger partial charge in [-0.25, -0.2) is 0 Å². The summed E-state index contributed by atoms with van der Waals surface area (Å²) in [6, 6.07) is 8.02. The largest absolute Gasteiger partial charge is 0.467 e. The van der Waals surface area contributed by atoms with Gasteiger partial charge >= 0.3 is 0 Å². The average molecular weight is 323 g/mol. The lowest BCUT2D eigenvalue weighted by atomic mass is 10.3. The molecule has 0 radical (unpaired) electrons. The Kier molecular flexibility index (Phi) is 7.12. The molecule has 2 aromatic heterocycles. The highest BCUT2D eigenvalue weighted by molar-refractivity contribution is 7.11. The van der Waals surface area contributed by atoms with Crippen LogP contribution in [-0.2, 0) is 17.9 Å². The van der Waals surface area contributed by atoms with Gasteiger partial charge in [0.05, 0.1) is 19.0 Å². The van der Waals surface area contributed by atoms with Gasteiger partial charge in [0.25, 0.3) is 0 Å². The molecule has 0 aliphatic rings. The van der Waals surface area contributed by atoms with Gasteiger partial charge in [0, 0.05) is 22.8 Å². The summed E-state index contributed by atoms with van der Waals surface area (Å²) < 4.78 is 10.7. The quantitative estimate of drug-likeness (QED) is 0.727. The third-order valence-corrected chi connectivity index (χ3v) is 4.30. The maximum atomic E-state index is 10.2. The molecule has 2 rings (SSSR count). The van der Waals surface area contributed by atoms with Gasteiger partial charge in [-0.05, 0) is 44.2 Å². The van der Waals surface area contributed by atoms with Gasteiger partial charge in [0.15, 0.2) is 0 Å². The Bertz CT molecular complexity index is 524. The molecule has 22 heavy (non-hydrogen) atoms. The zero-order valence-corrected chi connectivity index (χ0v) is 14.1. The molecule has 0 unspecified atom stereocenters. The van der Waals surface area contributed by atoms with E-state index < -0.39 is 6.10 Å². The summed E-state index contributed by atoms with van der Waals surface area (Å²) >= 11 is 1.82. The molecular formula is C17H25NO3S. The van der Waals surface area contributed by atoms with Gasteiger partial charge in [-0.1, -0.05) is 6.92 Å². The Balaban J connectivity index is 1.74. The van der Waals surface area contributed by atoms with Crippen molar-refractivity contribution in [2.45, 2.75) is 39.5 Å². The van der Waals surface area contributed by atoms with Gasteiger partial charge < -0.3 is 14.3 Å². The molecule has 2 aromatic rings. The van der Waals surface area contributed by atoms with Gasteiger partial charge in [0.1, 0.15) is 12.4 Å². The monoisotopic (exact) mass is 323 g/mol. The highest BCUT2D eigenvalue weighted by Crippen LogP contribution is 2.17. The minimum atomic E-state index is -0.484. The van der Waals surface area contributed by atoms with E-state index in [-0.39, 0.29) is 0 Å². The van der Waals surface area contributed by atoms with E-state index in [9.17, 15) is 5.11 Å². The summed E-state index contributed by atoms with van der Waals surface area (Å²) in [6.07, 6.45) is 2.22. The molecule has 0 aliphatic heterocycles. The number of furan rings is 1. The summed E-state index contributed by atoms with van der Waals surface area (Å²) in [5, 5.41) is 10.2. The smallest absolute Gasteiger partial charge is 0.129 e. The third kappa shape index (κ3) is 5.93. The predicted octanol–water partition coefficient (Wildman–Crippen LogP) is 3.44. The molecule has 5 heteroatoms. The van der Waals surface area contributed by atoms with Crippen LogP contribution in [0.15, 0.2) is 34.9 Å². The fraction of sp³-hybridized carbons (Fsp3) is 0.529. The number of ether oxygens (including phenoxy) is 1. The summed E-state index contributed by atoms with van der Waals surface area (Å²) in [4.78, 5) is 4.95. The van der Waals surface area contributed by atoms with E-state index in [0.29, 0.717) is 19.8 Å². The normalized spacial score (nSPS) is 12.9. The molecular weight excluding hydrogens is 298 g/mol. The number of hydrogen-bond acceptors (Lipinski definition) is 5. The summed E-state index contributed by atoms with van der Waals surface area (Å²) in [5.41, 5.74) is 0. The fourth-order valence-electron chi connectivity index (χ4n) is 2.38. The van der Waals surface area contributed by atoms with Crippen LogP contribution in [0.3, 0.4) is 0 Å². The number of aliphatic hydroxyl groups is 1. The van der Waals surface area contributed by atoms with Crippen LogP contribution in [0.5, 0.6) is 0 Å². The molecule has 0 fully saturated rings. The minimum absolute atomic E-state index is 0.324. The number of hydrogen-bond donors (Lipinski definition) is 1. The Hall–Kier alpha value is -1.14. The molecule has 0 saturated heterocycles. The Morgan fingerprint density at radius 1 is 1.36 bits per heavy atom. The second kappa shape index (κ2) is 9.10. The first-order chi connectivity index (χ1) is 10.7. The SMILES string of the molecule is CCCN(Cc1ccc(C)s1)C[C@H](O)COCc1ccco1. The first-order valence-electron chi connectivity index (χ1n) is 7.73. The van der Waals surface area contributed by atoms with Crippen LogP contribution in [0.25, 0.3) is 0 Å². The summed E-state index contributed by atoms with van der Waals surface area (Å²) in [6.45, 7) is 7.51. The number of aryl methyl sites for hydroxylation is 1. The second-order valence-corrected chi connectivity index (χ2v) is 6.87. The van der Waals surface area contributed by atoms with E-state index in [4.69, 9.17) is 9.15 Å². The molecule has 0 bridgehead atoms. The lowest BCUT2D eigenvalue weighted by Gasteiger charge is -2.24. The van der Waals surface area contributed by atoms with Crippen molar-refractivity contribution in [3.63, 3.8) is 0 Å². The van der Waals surface area contributed by atoms with Crippen LogP contribution in [0.4, 0.5) is 0 Å². The number of nitrogens with zero attached hydrogens (tertiary/aromatic N) is 1. The Morgan fingerprint density at radius 3 is 2.86 bits per heavy atom. The van der Waals surface area contributed by atoms with E-state index in [2.05, 4.69) is 30.9 Å². The molecule has 0 aliphatic carbocycles. The lowest BCUT2D eigenvalue weighted by Crippen LogP contribution is -2.34. The number of thiophene rings is 1. The maximum absolute atomic E-state index is 10.2. The van der Waals surface area contributed by atoms with Crippen LogP contribution in [0, 0.1) is 6.92 Å². The first-order valence-corrected chi connectivity index (χ1v) is 8.55. The standard InChI is InChI=1S/C17H25NO3S/c1-3-8-18(11-17-7-6-14(2)22-17)10-15(19)12-20-13-16-5-4-9-21-16/h4-7,9,15,19H,3,8,10-13H2,1-2H3/t15-/m0/s1. The molecule has 1 N–H and O–H groups in total. The molecule has 0 amide bonds. The van der Waals surface area contributed by atoms with Crippen molar-refractivity contribution >= 4 is 11.3 Å².